The minimum absolute atomic E-state index is 0.139. The summed E-state index contributed by atoms with van der Waals surface area (Å²) in [7, 11) is 0. The van der Waals surface area contributed by atoms with Crippen molar-refractivity contribution < 1.29 is 13.9 Å². The molecule has 0 unspecified atom stereocenters. The normalized spacial score (nSPS) is 11.0. The molecule has 0 saturated heterocycles. The molecule has 0 atom stereocenters. The van der Waals surface area contributed by atoms with E-state index in [-0.39, 0.29) is 18.2 Å². The number of fused-ring (bicyclic) bond motifs is 1. The number of nitrogens with zero attached hydrogens (tertiary/aromatic N) is 4. The van der Waals surface area contributed by atoms with E-state index in [9.17, 15) is 4.79 Å². The second kappa shape index (κ2) is 7.42. The van der Waals surface area contributed by atoms with Gasteiger partial charge in [0.15, 0.2) is 17.5 Å². The Balaban J connectivity index is 1.50. The fraction of sp³-hybridized carbons (Fsp3) is 0.111. The number of carbonyl (C=O) groups excluding carboxylic acids is 1. The Morgan fingerprint density at radius 2 is 2.04 bits per heavy atom. The van der Waals surface area contributed by atoms with E-state index in [1.54, 1.807) is 24.3 Å². The van der Waals surface area contributed by atoms with Gasteiger partial charge in [-0.05, 0) is 42.7 Å². The lowest BCUT2D eigenvalue weighted by Crippen LogP contribution is -2.06. The van der Waals surface area contributed by atoms with Crippen LogP contribution < -0.4 is 0 Å². The molecule has 0 amide bonds. The standard InChI is InChI=1S/C18H13ClN4O3S/c1-27-18-20-15(13-4-2-3-9-23(13)18)17(24)25-10-14-21-22-16(26-14)11-5-7-12(19)8-6-11/h2-9H,10H2,1H3. The van der Waals surface area contributed by atoms with Crippen molar-refractivity contribution in [3.63, 3.8) is 0 Å². The Morgan fingerprint density at radius 1 is 1.22 bits per heavy atom. The Labute approximate surface area is 163 Å². The summed E-state index contributed by atoms with van der Waals surface area (Å²) in [4.78, 5) is 16.8. The van der Waals surface area contributed by atoms with E-state index in [1.807, 2.05) is 35.1 Å². The molecule has 136 valence electrons. The Morgan fingerprint density at radius 3 is 2.81 bits per heavy atom. The van der Waals surface area contributed by atoms with E-state index >= 15 is 0 Å². The van der Waals surface area contributed by atoms with E-state index in [1.165, 1.54) is 11.8 Å². The summed E-state index contributed by atoms with van der Waals surface area (Å²) in [6, 6.07) is 12.5. The molecular formula is C18H13ClN4O3S. The van der Waals surface area contributed by atoms with Crippen molar-refractivity contribution in [1.29, 1.82) is 0 Å². The number of hydrogen-bond donors (Lipinski definition) is 0. The zero-order valence-corrected chi connectivity index (χ0v) is 15.7. The summed E-state index contributed by atoms with van der Waals surface area (Å²) in [6.45, 7) is -0.139. The second-order valence-corrected chi connectivity index (χ2v) is 6.70. The Bertz CT molecular complexity index is 1110. The van der Waals surface area contributed by atoms with Gasteiger partial charge in [-0.1, -0.05) is 29.4 Å². The molecule has 7 nitrogen and oxygen atoms in total. The molecule has 4 aromatic rings. The van der Waals surface area contributed by atoms with E-state index in [0.29, 0.717) is 21.6 Å². The van der Waals surface area contributed by atoms with Crippen LogP contribution in [0.1, 0.15) is 16.4 Å². The third-order valence-corrected chi connectivity index (χ3v) is 4.68. The fourth-order valence-corrected chi connectivity index (χ4v) is 3.19. The Hall–Kier alpha value is -2.84. The number of thioether (sulfide) groups is 1. The highest BCUT2D eigenvalue weighted by molar-refractivity contribution is 7.98. The Kier molecular flexibility index (Phi) is 4.83. The maximum absolute atomic E-state index is 12.5. The number of carbonyl (C=O) groups is 1. The largest absolute Gasteiger partial charge is 0.451 e. The van der Waals surface area contributed by atoms with Crippen LogP contribution in [-0.4, -0.2) is 31.8 Å². The number of imidazole rings is 1. The second-order valence-electron chi connectivity index (χ2n) is 5.49. The average Bonchev–Trinajstić information content (AvgIpc) is 3.31. The van der Waals surface area contributed by atoms with Crippen LogP contribution in [0.4, 0.5) is 0 Å². The highest BCUT2D eigenvalue weighted by atomic mass is 35.5. The van der Waals surface area contributed by atoms with Gasteiger partial charge in [-0.3, -0.25) is 4.40 Å². The molecule has 0 aliphatic rings. The quantitative estimate of drug-likeness (QED) is 0.368. The number of pyridine rings is 1. The maximum Gasteiger partial charge on any atom is 0.359 e. The number of benzene rings is 1. The van der Waals surface area contributed by atoms with Crippen molar-refractivity contribution in [3.05, 3.63) is 65.3 Å². The SMILES string of the molecule is CSc1nc(C(=O)OCc2nnc(-c3ccc(Cl)cc3)o2)c2ccccn12. The van der Waals surface area contributed by atoms with Crippen LogP contribution in [0.3, 0.4) is 0 Å². The molecule has 1 aromatic carbocycles. The van der Waals surface area contributed by atoms with E-state index in [4.69, 9.17) is 20.8 Å². The molecule has 9 heteroatoms. The molecule has 0 N–H and O–H groups in total. The predicted molar refractivity (Wildman–Crippen MR) is 101 cm³/mol. The van der Waals surface area contributed by atoms with Crippen LogP contribution in [0, 0.1) is 0 Å². The van der Waals surface area contributed by atoms with Gasteiger partial charge in [0.25, 0.3) is 5.89 Å². The number of aromatic nitrogens is 4. The summed E-state index contributed by atoms with van der Waals surface area (Å²) in [5.41, 5.74) is 1.66. The lowest BCUT2D eigenvalue weighted by Gasteiger charge is -2.00. The van der Waals surface area contributed by atoms with Crippen molar-refractivity contribution in [3.8, 4) is 11.5 Å². The number of hydrogen-bond acceptors (Lipinski definition) is 7. The third kappa shape index (κ3) is 3.54. The van der Waals surface area contributed by atoms with Gasteiger partial charge >= 0.3 is 5.97 Å². The molecule has 0 fully saturated rings. The molecule has 0 bridgehead atoms. The first-order valence-corrected chi connectivity index (χ1v) is 9.52. The van der Waals surface area contributed by atoms with Gasteiger partial charge in [-0.15, -0.1) is 10.2 Å². The molecule has 0 aliphatic carbocycles. The molecule has 0 aliphatic heterocycles. The molecule has 0 radical (unpaired) electrons. The zero-order valence-electron chi connectivity index (χ0n) is 14.1. The lowest BCUT2D eigenvalue weighted by molar-refractivity contribution is 0.0434. The average molecular weight is 401 g/mol. The van der Waals surface area contributed by atoms with Gasteiger partial charge in [0.1, 0.15) is 0 Å². The van der Waals surface area contributed by atoms with Gasteiger partial charge in [0.05, 0.1) is 5.52 Å². The van der Waals surface area contributed by atoms with Crippen molar-refractivity contribution >= 4 is 34.8 Å². The smallest absolute Gasteiger partial charge is 0.359 e. The van der Waals surface area contributed by atoms with E-state index in [2.05, 4.69) is 15.2 Å². The molecule has 3 aromatic heterocycles. The molecule has 3 heterocycles. The van der Waals surface area contributed by atoms with Crippen molar-refractivity contribution in [2.45, 2.75) is 11.8 Å². The highest BCUT2D eigenvalue weighted by Gasteiger charge is 2.19. The first-order chi connectivity index (χ1) is 13.2. The molecule has 0 spiro atoms. The van der Waals surface area contributed by atoms with Crippen molar-refractivity contribution in [2.75, 3.05) is 6.26 Å². The lowest BCUT2D eigenvalue weighted by atomic mass is 10.2. The third-order valence-electron chi connectivity index (χ3n) is 3.78. The van der Waals surface area contributed by atoms with Gasteiger partial charge in [0.2, 0.25) is 5.89 Å². The maximum atomic E-state index is 12.5. The van der Waals surface area contributed by atoms with Crippen LogP contribution in [-0.2, 0) is 11.3 Å². The van der Waals surface area contributed by atoms with Crippen LogP contribution in [0.15, 0.2) is 58.2 Å². The number of rotatable bonds is 5. The van der Waals surface area contributed by atoms with Crippen LogP contribution in [0.25, 0.3) is 17.0 Å². The summed E-state index contributed by atoms with van der Waals surface area (Å²) >= 11 is 7.31. The first kappa shape index (κ1) is 17.6. The van der Waals surface area contributed by atoms with Crippen LogP contribution in [0.2, 0.25) is 5.02 Å². The van der Waals surface area contributed by atoms with Gasteiger partial charge in [0, 0.05) is 16.8 Å². The monoisotopic (exact) mass is 400 g/mol. The van der Waals surface area contributed by atoms with Gasteiger partial charge in [-0.2, -0.15) is 0 Å². The first-order valence-electron chi connectivity index (χ1n) is 7.92. The van der Waals surface area contributed by atoms with Crippen molar-refractivity contribution in [2.24, 2.45) is 0 Å². The summed E-state index contributed by atoms with van der Waals surface area (Å²) in [5, 5.41) is 9.19. The molecule has 0 saturated carbocycles. The minimum atomic E-state index is -0.551. The minimum Gasteiger partial charge on any atom is -0.451 e. The molecule has 27 heavy (non-hydrogen) atoms. The fourth-order valence-electron chi connectivity index (χ4n) is 2.52. The predicted octanol–water partition coefficient (Wildman–Crippen LogP) is 4.12. The zero-order chi connectivity index (χ0) is 18.8. The number of esters is 1. The summed E-state index contributed by atoms with van der Waals surface area (Å²) in [6.07, 6.45) is 3.75. The number of ether oxygens (including phenoxy) is 1. The topological polar surface area (TPSA) is 82.5 Å². The van der Waals surface area contributed by atoms with E-state index < -0.39 is 5.97 Å². The van der Waals surface area contributed by atoms with Crippen LogP contribution in [0.5, 0.6) is 0 Å². The summed E-state index contributed by atoms with van der Waals surface area (Å²) in [5.74, 6) is -0.0259. The number of halogens is 1. The van der Waals surface area contributed by atoms with Gasteiger partial charge in [-0.25, -0.2) is 9.78 Å². The highest BCUT2D eigenvalue weighted by Crippen LogP contribution is 2.22. The molecule has 4 rings (SSSR count). The van der Waals surface area contributed by atoms with Crippen LogP contribution >= 0.6 is 23.4 Å². The van der Waals surface area contributed by atoms with Gasteiger partial charge < -0.3 is 9.15 Å². The van der Waals surface area contributed by atoms with E-state index in [0.717, 1.165) is 5.56 Å². The summed E-state index contributed by atoms with van der Waals surface area (Å²) < 4.78 is 12.7. The van der Waals surface area contributed by atoms with Crippen molar-refractivity contribution in [1.82, 2.24) is 19.6 Å². The molecular weight excluding hydrogens is 388 g/mol.